The average molecular weight is 355 g/mol. The average Bonchev–Trinajstić information content (AvgIpc) is 2.99. The van der Waals surface area contributed by atoms with Crippen LogP contribution in [0.25, 0.3) is 11.2 Å². The van der Waals surface area contributed by atoms with Crippen molar-refractivity contribution in [1.82, 2.24) is 19.1 Å². The van der Waals surface area contributed by atoms with Gasteiger partial charge in [-0.15, -0.1) is 0 Å². The van der Waals surface area contributed by atoms with Crippen LogP contribution < -0.4 is 20.9 Å². The van der Waals surface area contributed by atoms with Crippen LogP contribution in [0.4, 0.5) is 11.6 Å². The topological polar surface area (TPSA) is 85.2 Å². The second-order valence-electron chi connectivity index (χ2n) is 6.90. The smallest absolute Gasteiger partial charge is 0.329 e. The molecule has 0 spiro atoms. The Morgan fingerprint density at radius 3 is 2.77 bits per heavy atom. The van der Waals surface area contributed by atoms with E-state index in [0.29, 0.717) is 29.6 Å². The Hall–Kier alpha value is -3.03. The maximum Gasteiger partial charge on any atom is 0.329 e. The molecule has 1 aromatic carbocycles. The number of fused-ring (bicyclic) bond motifs is 3. The van der Waals surface area contributed by atoms with Gasteiger partial charge in [0.2, 0.25) is 5.95 Å². The summed E-state index contributed by atoms with van der Waals surface area (Å²) in [7, 11) is 3.25. The van der Waals surface area contributed by atoms with Crippen molar-refractivity contribution in [3.63, 3.8) is 0 Å². The number of ether oxygens (including phenoxy) is 1. The maximum atomic E-state index is 12.4. The molecule has 4 rings (SSSR count). The van der Waals surface area contributed by atoms with E-state index in [1.54, 1.807) is 14.2 Å². The van der Waals surface area contributed by atoms with Gasteiger partial charge in [-0.25, -0.2) is 4.79 Å². The van der Waals surface area contributed by atoms with Crippen LogP contribution in [0.15, 0.2) is 27.8 Å². The largest absolute Gasteiger partial charge is 0.495 e. The molecule has 1 aliphatic heterocycles. The Morgan fingerprint density at radius 1 is 1.27 bits per heavy atom. The van der Waals surface area contributed by atoms with E-state index in [2.05, 4.69) is 21.8 Å². The first-order valence-corrected chi connectivity index (χ1v) is 8.52. The van der Waals surface area contributed by atoms with Crippen molar-refractivity contribution in [1.29, 1.82) is 0 Å². The van der Waals surface area contributed by atoms with Crippen LogP contribution in [0.1, 0.15) is 12.5 Å². The van der Waals surface area contributed by atoms with Gasteiger partial charge in [-0.3, -0.25) is 14.3 Å². The lowest BCUT2D eigenvalue weighted by Crippen LogP contribution is -2.35. The van der Waals surface area contributed by atoms with Crippen molar-refractivity contribution in [3.05, 3.63) is 44.6 Å². The van der Waals surface area contributed by atoms with E-state index in [9.17, 15) is 9.59 Å². The summed E-state index contributed by atoms with van der Waals surface area (Å²) >= 11 is 0. The SMILES string of the molecule is COc1ccc(C)cc1N1CC(C)Cn2c1nc1c2c(=O)[nH]c(=O)n1C. The molecule has 1 N–H and O–H groups in total. The molecule has 3 heterocycles. The number of aryl methyl sites for hydroxylation is 2. The van der Waals surface area contributed by atoms with Crippen LogP contribution in [-0.2, 0) is 13.6 Å². The molecule has 1 unspecified atom stereocenters. The number of hydrogen-bond acceptors (Lipinski definition) is 5. The monoisotopic (exact) mass is 355 g/mol. The highest BCUT2D eigenvalue weighted by molar-refractivity contribution is 5.78. The van der Waals surface area contributed by atoms with Gasteiger partial charge in [0, 0.05) is 20.1 Å². The summed E-state index contributed by atoms with van der Waals surface area (Å²) in [4.78, 5) is 33.5. The van der Waals surface area contributed by atoms with E-state index in [1.165, 1.54) is 4.57 Å². The summed E-state index contributed by atoms with van der Waals surface area (Å²) in [6, 6.07) is 5.97. The molecule has 8 heteroatoms. The van der Waals surface area contributed by atoms with Crippen molar-refractivity contribution >= 4 is 22.8 Å². The number of anilines is 2. The first-order chi connectivity index (χ1) is 12.4. The molecular formula is C18H21N5O3. The number of aromatic amines is 1. The minimum Gasteiger partial charge on any atom is -0.495 e. The fourth-order valence-corrected chi connectivity index (χ4v) is 3.58. The van der Waals surface area contributed by atoms with Gasteiger partial charge in [-0.05, 0) is 30.5 Å². The predicted molar refractivity (Wildman–Crippen MR) is 99.5 cm³/mol. The van der Waals surface area contributed by atoms with E-state index >= 15 is 0 Å². The lowest BCUT2D eigenvalue weighted by molar-refractivity contribution is 0.409. The van der Waals surface area contributed by atoms with Crippen molar-refractivity contribution in [2.45, 2.75) is 20.4 Å². The Bertz CT molecular complexity index is 1120. The van der Waals surface area contributed by atoms with E-state index in [-0.39, 0.29) is 0 Å². The number of hydrogen-bond donors (Lipinski definition) is 1. The zero-order valence-corrected chi connectivity index (χ0v) is 15.2. The van der Waals surface area contributed by atoms with Gasteiger partial charge < -0.3 is 14.2 Å². The molecule has 0 saturated carbocycles. The Labute approximate surface area is 149 Å². The summed E-state index contributed by atoms with van der Waals surface area (Å²) in [6.07, 6.45) is 0. The maximum absolute atomic E-state index is 12.4. The van der Waals surface area contributed by atoms with Crippen LogP contribution in [0.3, 0.4) is 0 Å². The van der Waals surface area contributed by atoms with Gasteiger partial charge in [0.05, 0.1) is 12.8 Å². The quantitative estimate of drug-likeness (QED) is 0.753. The third-order valence-electron chi connectivity index (χ3n) is 4.84. The lowest BCUT2D eigenvalue weighted by atomic mass is 10.1. The van der Waals surface area contributed by atoms with E-state index in [1.807, 2.05) is 29.7 Å². The third kappa shape index (κ3) is 2.33. The molecule has 2 aromatic heterocycles. The van der Waals surface area contributed by atoms with Gasteiger partial charge in [-0.1, -0.05) is 13.0 Å². The number of benzene rings is 1. The van der Waals surface area contributed by atoms with Crippen LogP contribution in [0, 0.1) is 12.8 Å². The van der Waals surface area contributed by atoms with Crippen LogP contribution >= 0.6 is 0 Å². The molecule has 0 amide bonds. The summed E-state index contributed by atoms with van der Waals surface area (Å²) in [5.41, 5.74) is 1.94. The number of nitrogens with zero attached hydrogens (tertiary/aromatic N) is 4. The molecule has 26 heavy (non-hydrogen) atoms. The van der Waals surface area contributed by atoms with Gasteiger partial charge in [-0.2, -0.15) is 4.98 Å². The lowest BCUT2D eigenvalue weighted by Gasteiger charge is -2.33. The number of methoxy groups -OCH3 is 1. The number of nitrogens with one attached hydrogen (secondary N) is 1. The second kappa shape index (κ2) is 5.76. The highest BCUT2D eigenvalue weighted by Gasteiger charge is 2.30. The summed E-state index contributed by atoms with van der Waals surface area (Å²) in [6.45, 7) is 5.56. The van der Waals surface area contributed by atoms with E-state index < -0.39 is 11.2 Å². The first-order valence-electron chi connectivity index (χ1n) is 8.52. The predicted octanol–water partition coefficient (Wildman–Crippen LogP) is 1.53. The number of H-pyrrole nitrogens is 1. The molecule has 0 saturated heterocycles. The molecule has 8 nitrogen and oxygen atoms in total. The Balaban J connectivity index is 2.03. The Kier molecular flexibility index (Phi) is 3.64. The fourth-order valence-electron chi connectivity index (χ4n) is 3.58. The van der Waals surface area contributed by atoms with Gasteiger partial charge in [0.25, 0.3) is 5.56 Å². The summed E-state index contributed by atoms with van der Waals surface area (Å²) in [5.74, 6) is 1.68. The van der Waals surface area contributed by atoms with Crippen molar-refractivity contribution < 1.29 is 4.74 Å². The summed E-state index contributed by atoms with van der Waals surface area (Å²) < 4.78 is 8.81. The van der Waals surface area contributed by atoms with E-state index in [4.69, 9.17) is 4.74 Å². The number of rotatable bonds is 2. The third-order valence-corrected chi connectivity index (χ3v) is 4.84. The minimum atomic E-state index is -0.467. The molecular weight excluding hydrogens is 334 g/mol. The molecule has 0 fully saturated rings. The fraction of sp³-hybridized carbons (Fsp3) is 0.389. The minimum absolute atomic E-state index is 0.293. The number of imidazole rings is 1. The highest BCUT2D eigenvalue weighted by atomic mass is 16.5. The van der Waals surface area contributed by atoms with Gasteiger partial charge >= 0.3 is 5.69 Å². The van der Waals surface area contributed by atoms with Crippen LogP contribution in [0.5, 0.6) is 5.75 Å². The van der Waals surface area contributed by atoms with Crippen LogP contribution in [-0.4, -0.2) is 32.8 Å². The van der Waals surface area contributed by atoms with Gasteiger partial charge in [0.1, 0.15) is 5.75 Å². The van der Waals surface area contributed by atoms with Crippen LogP contribution in [0.2, 0.25) is 0 Å². The van der Waals surface area contributed by atoms with Crippen molar-refractivity contribution in [2.24, 2.45) is 13.0 Å². The molecule has 0 aliphatic carbocycles. The Morgan fingerprint density at radius 2 is 2.04 bits per heavy atom. The standard InChI is InChI=1S/C18H21N5O3/c1-10-5-6-13(26-4)12(7-10)22-8-11(2)9-23-14-15(19-17(22)23)21(3)18(25)20-16(14)24/h5-7,11H,8-9H2,1-4H3,(H,20,24,25). The molecule has 136 valence electrons. The zero-order valence-electron chi connectivity index (χ0n) is 15.2. The zero-order chi connectivity index (χ0) is 18.6. The molecule has 1 atom stereocenters. The summed E-state index contributed by atoms with van der Waals surface area (Å²) in [5, 5.41) is 0. The molecule has 0 radical (unpaired) electrons. The first kappa shape index (κ1) is 16.4. The molecule has 3 aromatic rings. The van der Waals surface area contributed by atoms with E-state index in [0.717, 1.165) is 23.5 Å². The second-order valence-corrected chi connectivity index (χ2v) is 6.90. The normalized spacial score (nSPS) is 16.8. The molecule has 1 aliphatic rings. The highest BCUT2D eigenvalue weighted by Crippen LogP contribution is 2.38. The van der Waals surface area contributed by atoms with Gasteiger partial charge in [0.15, 0.2) is 11.2 Å². The van der Waals surface area contributed by atoms with Crippen molar-refractivity contribution in [3.8, 4) is 5.75 Å². The van der Waals surface area contributed by atoms with Crippen molar-refractivity contribution in [2.75, 3.05) is 18.6 Å². The molecule has 0 bridgehead atoms. The number of aromatic nitrogens is 4.